The van der Waals surface area contributed by atoms with Crippen molar-refractivity contribution in [2.24, 2.45) is 5.92 Å². The summed E-state index contributed by atoms with van der Waals surface area (Å²) in [6.07, 6.45) is 3.67. The molecule has 1 aliphatic rings. The lowest BCUT2D eigenvalue weighted by Crippen LogP contribution is -2.01. The van der Waals surface area contributed by atoms with Gasteiger partial charge in [0.05, 0.1) is 12.8 Å². The lowest BCUT2D eigenvalue weighted by molar-refractivity contribution is 0.294. The fourth-order valence-corrected chi connectivity index (χ4v) is 1.45. The van der Waals surface area contributed by atoms with E-state index in [1.54, 1.807) is 0 Å². The molecule has 1 aromatic heterocycles. The molecule has 1 saturated carbocycles. The van der Waals surface area contributed by atoms with Crippen LogP contribution in [0.5, 0.6) is 5.75 Å². The molecule has 0 radical (unpaired) electrons. The molecule has 1 fully saturated rings. The van der Waals surface area contributed by atoms with Crippen LogP contribution in [0.15, 0.2) is 12.3 Å². The molecule has 4 heteroatoms. The predicted molar refractivity (Wildman–Crippen MR) is 55.1 cm³/mol. The third-order valence-electron chi connectivity index (χ3n) is 1.94. The van der Waals surface area contributed by atoms with Gasteiger partial charge in [-0.2, -0.15) is 0 Å². The maximum Gasteiger partial charge on any atom is 0.154 e. The molecule has 0 spiro atoms. The second kappa shape index (κ2) is 3.77. The summed E-state index contributed by atoms with van der Waals surface area (Å²) < 4.78 is 18.9. The Hall–Kier alpha value is -0.390. The summed E-state index contributed by atoms with van der Waals surface area (Å²) in [6.45, 7) is 0.696. The van der Waals surface area contributed by atoms with Gasteiger partial charge in [0.1, 0.15) is 9.52 Å². The van der Waals surface area contributed by atoms with Crippen molar-refractivity contribution in [1.82, 2.24) is 4.98 Å². The Morgan fingerprint density at radius 3 is 3.08 bits per heavy atom. The van der Waals surface area contributed by atoms with Crippen LogP contribution in [0.1, 0.15) is 12.8 Å². The highest BCUT2D eigenvalue weighted by molar-refractivity contribution is 14.1. The fourth-order valence-electron chi connectivity index (χ4n) is 0.997. The average Bonchev–Trinajstić information content (AvgIpc) is 2.90. The van der Waals surface area contributed by atoms with E-state index in [0.29, 0.717) is 18.3 Å². The summed E-state index contributed by atoms with van der Waals surface area (Å²) >= 11 is 2.04. The minimum Gasteiger partial charge on any atom is -0.490 e. The smallest absolute Gasteiger partial charge is 0.154 e. The Balaban J connectivity index is 2.03. The molecular weight excluding hydrogens is 284 g/mol. The van der Waals surface area contributed by atoms with Crippen molar-refractivity contribution in [2.75, 3.05) is 6.61 Å². The molecular formula is C9H9FINO. The second-order valence-corrected chi connectivity index (χ2v) is 4.22. The first-order valence-electron chi connectivity index (χ1n) is 4.19. The predicted octanol–water partition coefficient (Wildman–Crippen LogP) is 2.61. The number of hydrogen-bond acceptors (Lipinski definition) is 2. The van der Waals surface area contributed by atoms with Crippen LogP contribution >= 0.6 is 22.6 Å². The monoisotopic (exact) mass is 293 g/mol. The minimum absolute atomic E-state index is 0.341. The highest BCUT2D eigenvalue weighted by Crippen LogP contribution is 2.30. The van der Waals surface area contributed by atoms with Gasteiger partial charge in [-0.3, -0.25) is 0 Å². The van der Waals surface area contributed by atoms with Crippen LogP contribution in [0.4, 0.5) is 4.39 Å². The largest absolute Gasteiger partial charge is 0.490 e. The van der Waals surface area contributed by atoms with Crippen LogP contribution in [0.3, 0.4) is 0 Å². The first kappa shape index (κ1) is 9.18. The normalized spacial score (nSPS) is 15.8. The summed E-state index contributed by atoms with van der Waals surface area (Å²) in [4.78, 5) is 3.86. The molecule has 2 rings (SSSR count). The number of ether oxygens (including phenoxy) is 1. The zero-order valence-corrected chi connectivity index (χ0v) is 9.12. The van der Waals surface area contributed by atoms with E-state index in [9.17, 15) is 4.39 Å². The van der Waals surface area contributed by atoms with E-state index in [0.717, 1.165) is 3.70 Å². The number of aromatic nitrogens is 1. The number of nitrogens with zero attached hydrogens (tertiary/aromatic N) is 1. The Labute approximate surface area is 89.6 Å². The maximum absolute atomic E-state index is 12.7. The molecule has 0 saturated heterocycles. The molecule has 1 heterocycles. The first-order chi connectivity index (χ1) is 6.25. The van der Waals surface area contributed by atoms with Crippen LogP contribution in [0, 0.1) is 15.4 Å². The average molecular weight is 293 g/mol. The standard InChI is InChI=1S/C9H9FINO/c10-7-3-8(9(11)12-4-7)13-5-6-1-2-6/h3-4,6H,1-2,5H2. The van der Waals surface area contributed by atoms with E-state index in [4.69, 9.17) is 4.74 Å². The Morgan fingerprint density at radius 2 is 2.38 bits per heavy atom. The first-order valence-corrected chi connectivity index (χ1v) is 5.27. The van der Waals surface area contributed by atoms with E-state index in [1.807, 2.05) is 22.6 Å². The molecule has 13 heavy (non-hydrogen) atoms. The van der Waals surface area contributed by atoms with Crippen molar-refractivity contribution in [2.45, 2.75) is 12.8 Å². The topological polar surface area (TPSA) is 22.1 Å². The summed E-state index contributed by atoms with van der Waals surface area (Å²) in [7, 11) is 0. The Bertz CT molecular complexity index is 314. The molecule has 1 aliphatic carbocycles. The van der Waals surface area contributed by atoms with Crippen LogP contribution < -0.4 is 4.74 Å². The third kappa shape index (κ3) is 2.52. The van der Waals surface area contributed by atoms with Gasteiger partial charge >= 0.3 is 0 Å². The van der Waals surface area contributed by atoms with Crippen molar-refractivity contribution < 1.29 is 9.13 Å². The van der Waals surface area contributed by atoms with E-state index < -0.39 is 0 Å². The van der Waals surface area contributed by atoms with E-state index in [-0.39, 0.29) is 5.82 Å². The van der Waals surface area contributed by atoms with Gasteiger partial charge in [-0.05, 0) is 41.4 Å². The van der Waals surface area contributed by atoms with Crippen molar-refractivity contribution in [3.63, 3.8) is 0 Å². The summed E-state index contributed by atoms with van der Waals surface area (Å²) in [6, 6.07) is 1.39. The number of rotatable bonds is 3. The molecule has 2 nitrogen and oxygen atoms in total. The van der Waals surface area contributed by atoms with Crippen molar-refractivity contribution >= 4 is 22.6 Å². The molecule has 0 aliphatic heterocycles. The van der Waals surface area contributed by atoms with E-state index in [1.165, 1.54) is 25.1 Å². The van der Waals surface area contributed by atoms with Gasteiger partial charge in [0.15, 0.2) is 5.75 Å². The van der Waals surface area contributed by atoms with Gasteiger partial charge < -0.3 is 4.74 Å². The van der Waals surface area contributed by atoms with Crippen molar-refractivity contribution in [3.8, 4) is 5.75 Å². The summed E-state index contributed by atoms with van der Waals surface area (Å²) in [5.74, 6) is 0.901. The summed E-state index contributed by atoms with van der Waals surface area (Å²) in [5.41, 5.74) is 0. The Morgan fingerprint density at radius 1 is 1.62 bits per heavy atom. The number of hydrogen-bond donors (Lipinski definition) is 0. The quantitative estimate of drug-likeness (QED) is 0.631. The Kier molecular flexibility index (Phi) is 2.66. The van der Waals surface area contributed by atoms with Crippen LogP contribution in [0.2, 0.25) is 0 Å². The molecule has 1 aromatic rings. The van der Waals surface area contributed by atoms with E-state index in [2.05, 4.69) is 4.98 Å². The van der Waals surface area contributed by atoms with E-state index >= 15 is 0 Å². The maximum atomic E-state index is 12.7. The van der Waals surface area contributed by atoms with Crippen LogP contribution in [-0.2, 0) is 0 Å². The second-order valence-electron chi connectivity index (χ2n) is 3.20. The molecule has 0 atom stereocenters. The molecule has 0 aromatic carbocycles. The van der Waals surface area contributed by atoms with Crippen LogP contribution in [-0.4, -0.2) is 11.6 Å². The van der Waals surface area contributed by atoms with Crippen molar-refractivity contribution in [3.05, 3.63) is 21.8 Å². The summed E-state index contributed by atoms with van der Waals surface area (Å²) in [5, 5.41) is 0. The SMILES string of the molecule is Fc1cnc(I)c(OCC2CC2)c1. The number of halogens is 2. The molecule has 0 bridgehead atoms. The van der Waals surface area contributed by atoms with Gasteiger partial charge in [-0.1, -0.05) is 0 Å². The molecule has 0 unspecified atom stereocenters. The molecule has 70 valence electrons. The number of pyridine rings is 1. The van der Waals surface area contributed by atoms with Gasteiger partial charge in [0, 0.05) is 6.07 Å². The van der Waals surface area contributed by atoms with Gasteiger partial charge in [-0.15, -0.1) is 0 Å². The van der Waals surface area contributed by atoms with Gasteiger partial charge in [0.2, 0.25) is 0 Å². The van der Waals surface area contributed by atoms with Crippen molar-refractivity contribution in [1.29, 1.82) is 0 Å². The van der Waals surface area contributed by atoms with Gasteiger partial charge in [-0.25, -0.2) is 9.37 Å². The lowest BCUT2D eigenvalue weighted by Gasteiger charge is -2.05. The third-order valence-corrected chi connectivity index (χ3v) is 2.76. The highest BCUT2D eigenvalue weighted by atomic mass is 127. The molecule has 0 amide bonds. The minimum atomic E-state index is -0.341. The molecule has 0 N–H and O–H groups in total. The fraction of sp³-hybridized carbons (Fsp3) is 0.444. The van der Waals surface area contributed by atoms with Crippen LogP contribution in [0.25, 0.3) is 0 Å². The van der Waals surface area contributed by atoms with Gasteiger partial charge in [0.25, 0.3) is 0 Å². The highest BCUT2D eigenvalue weighted by Gasteiger charge is 2.22. The zero-order valence-electron chi connectivity index (χ0n) is 6.96. The lowest BCUT2D eigenvalue weighted by atomic mass is 10.4. The zero-order chi connectivity index (χ0) is 9.26.